The Bertz CT molecular complexity index is 95.6. The molecule has 0 aromatic rings. The summed E-state index contributed by atoms with van der Waals surface area (Å²) in [6.45, 7) is 0. The second-order valence-electron chi connectivity index (χ2n) is 0.408. The maximum atomic E-state index is 8.52. The zero-order valence-corrected chi connectivity index (χ0v) is 8.30. The molecule has 0 aliphatic heterocycles. The van der Waals surface area contributed by atoms with Gasteiger partial charge >= 0.3 is 60.8 Å². The molecular weight excluding hydrogens is 176 g/mol. The molecule has 0 aliphatic carbocycles. The monoisotopic (exact) mass is 176 g/mol. The van der Waals surface area contributed by atoms with Crippen molar-refractivity contribution in [2.75, 3.05) is 0 Å². The van der Waals surface area contributed by atoms with E-state index >= 15 is 0 Å². The van der Waals surface area contributed by atoms with Crippen LogP contribution in [0.1, 0.15) is 0 Å². The Morgan fingerprint density at radius 1 is 1.12 bits per heavy atom. The van der Waals surface area contributed by atoms with E-state index in [1.807, 2.05) is 0 Å². The maximum absolute atomic E-state index is 8.52. The van der Waals surface area contributed by atoms with Crippen molar-refractivity contribution in [1.29, 1.82) is 0 Å². The predicted molar refractivity (Wildman–Crippen MR) is 22.7 cm³/mol. The molecule has 0 unspecified atom stereocenters. The second-order valence-corrected chi connectivity index (χ2v) is 1.22. The molecule has 0 amide bonds. The van der Waals surface area contributed by atoms with Gasteiger partial charge in [0, 0.05) is 10.4 Å². The molecular formula is CaMgO5S. The van der Waals surface area contributed by atoms with Crippen LogP contribution in [0.5, 0.6) is 0 Å². The molecule has 0 heterocycles. The van der Waals surface area contributed by atoms with Gasteiger partial charge in [0.2, 0.25) is 0 Å². The normalized spacial score (nSPS) is 7.25. The maximum Gasteiger partial charge on any atom is 2.00 e. The van der Waals surface area contributed by atoms with Gasteiger partial charge in [0.1, 0.15) is 0 Å². The van der Waals surface area contributed by atoms with E-state index in [1.165, 1.54) is 0 Å². The van der Waals surface area contributed by atoms with Gasteiger partial charge in [-0.1, -0.05) is 0 Å². The molecule has 40 valence electrons. The fourth-order valence-electron chi connectivity index (χ4n) is 0. The van der Waals surface area contributed by atoms with Gasteiger partial charge in [0.05, 0.1) is 0 Å². The van der Waals surface area contributed by atoms with Crippen molar-refractivity contribution >= 4 is 71.2 Å². The van der Waals surface area contributed by atoms with Crippen molar-refractivity contribution in [1.82, 2.24) is 0 Å². The van der Waals surface area contributed by atoms with E-state index in [0.29, 0.717) is 0 Å². The molecule has 5 nitrogen and oxygen atoms in total. The Morgan fingerprint density at radius 3 is 1.12 bits per heavy atom. The SMILES string of the molecule is O=S(=O)([O-])[O-].[Ca+2].[Mg+2].[O-2]. The smallest absolute Gasteiger partial charge is 2.00 e. The average molecular weight is 176 g/mol. The van der Waals surface area contributed by atoms with Gasteiger partial charge < -0.3 is 14.6 Å². The molecule has 0 aliphatic rings. The molecule has 0 atom stereocenters. The van der Waals surface area contributed by atoms with Crippen molar-refractivity contribution in [2.24, 2.45) is 0 Å². The van der Waals surface area contributed by atoms with Crippen molar-refractivity contribution in [3.8, 4) is 0 Å². The summed E-state index contributed by atoms with van der Waals surface area (Å²) in [6, 6.07) is 0. The van der Waals surface area contributed by atoms with E-state index in [4.69, 9.17) is 17.5 Å². The molecule has 0 bridgehead atoms. The van der Waals surface area contributed by atoms with E-state index in [0.717, 1.165) is 0 Å². The van der Waals surface area contributed by atoms with Gasteiger partial charge in [-0.15, -0.1) is 0 Å². The molecule has 0 fully saturated rings. The molecule has 0 aromatic carbocycles. The molecule has 0 rings (SSSR count). The fraction of sp³-hybridized carbons (Fsp3) is 0. The summed E-state index contributed by atoms with van der Waals surface area (Å²) >= 11 is 0. The molecule has 8 heavy (non-hydrogen) atoms. The van der Waals surface area contributed by atoms with Crippen LogP contribution < -0.4 is 0 Å². The molecule has 0 N–H and O–H groups in total. The summed E-state index contributed by atoms with van der Waals surface area (Å²) in [7, 11) is -5.17. The Hall–Kier alpha value is 1.86. The van der Waals surface area contributed by atoms with Crippen LogP contribution in [0.25, 0.3) is 0 Å². The van der Waals surface area contributed by atoms with Gasteiger partial charge in [-0.2, -0.15) is 0 Å². The van der Waals surface area contributed by atoms with Crippen LogP contribution in [-0.2, 0) is 15.9 Å². The Morgan fingerprint density at radius 2 is 1.12 bits per heavy atom. The zero-order chi connectivity index (χ0) is 4.50. The van der Waals surface area contributed by atoms with Crippen LogP contribution in [0.3, 0.4) is 0 Å². The molecule has 0 radical (unpaired) electrons. The molecule has 0 saturated carbocycles. The van der Waals surface area contributed by atoms with E-state index in [9.17, 15) is 0 Å². The Kier molecular flexibility index (Phi) is 25.0. The van der Waals surface area contributed by atoms with Crippen LogP contribution in [0.2, 0.25) is 0 Å². The second kappa shape index (κ2) is 8.86. The summed E-state index contributed by atoms with van der Waals surface area (Å²) < 4.78 is 34.1. The third kappa shape index (κ3) is 107. The largest absolute Gasteiger partial charge is 2.00 e. The van der Waals surface area contributed by atoms with Crippen LogP contribution >= 0.6 is 0 Å². The van der Waals surface area contributed by atoms with E-state index < -0.39 is 10.4 Å². The van der Waals surface area contributed by atoms with Crippen LogP contribution in [0.4, 0.5) is 0 Å². The number of hydrogen-bond acceptors (Lipinski definition) is 4. The summed E-state index contributed by atoms with van der Waals surface area (Å²) in [6.07, 6.45) is 0. The first kappa shape index (κ1) is 22.5. The zero-order valence-electron chi connectivity index (χ0n) is 3.86. The van der Waals surface area contributed by atoms with Crippen molar-refractivity contribution in [2.45, 2.75) is 0 Å². The van der Waals surface area contributed by atoms with Crippen LogP contribution in [0, 0.1) is 0 Å². The van der Waals surface area contributed by atoms with E-state index in [2.05, 4.69) is 0 Å². The molecule has 0 spiro atoms. The van der Waals surface area contributed by atoms with Crippen molar-refractivity contribution in [3.05, 3.63) is 0 Å². The third-order valence-electron chi connectivity index (χ3n) is 0. The minimum atomic E-state index is -5.17. The van der Waals surface area contributed by atoms with E-state index in [-0.39, 0.29) is 66.3 Å². The fourth-order valence-corrected chi connectivity index (χ4v) is 0. The minimum absolute atomic E-state index is 0. The van der Waals surface area contributed by atoms with Gasteiger partial charge in [0.15, 0.2) is 0 Å². The standard InChI is InChI=1S/Ca.Mg.H2O4S.O/c;;1-5(2,3)4;/h;;(H2,1,2,3,4);/q2*+2;;-2/p-2. The van der Waals surface area contributed by atoms with Gasteiger partial charge in [-0.3, -0.25) is 8.42 Å². The van der Waals surface area contributed by atoms with Gasteiger partial charge in [0.25, 0.3) is 0 Å². The van der Waals surface area contributed by atoms with E-state index in [1.54, 1.807) is 0 Å². The molecule has 0 saturated heterocycles. The Balaban J connectivity index is -0.0000000267. The summed E-state index contributed by atoms with van der Waals surface area (Å²) in [4.78, 5) is 0. The third-order valence-corrected chi connectivity index (χ3v) is 0. The predicted octanol–water partition coefficient (Wildman–Crippen LogP) is -2.22. The first-order chi connectivity index (χ1) is 2.00. The van der Waals surface area contributed by atoms with Crippen LogP contribution in [0.15, 0.2) is 0 Å². The quantitative estimate of drug-likeness (QED) is 0.237. The number of rotatable bonds is 0. The van der Waals surface area contributed by atoms with Gasteiger partial charge in [-0.25, -0.2) is 0 Å². The minimum Gasteiger partial charge on any atom is -2.00 e. The summed E-state index contributed by atoms with van der Waals surface area (Å²) in [5, 5.41) is 0. The Labute approximate surface area is 92.9 Å². The van der Waals surface area contributed by atoms with Crippen LogP contribution in [-0.4, -0.2) is 78.3 Å². The molecule has 8 heteroatoms. The van der Waals surface area contributed by atoms with Gasteiger partial charge in [-0.05, 0) is 0 Å². The summed E-state index contributed by atoms with van der Waals surface area (Å²) in [5.74, 6) is 0. The topological polar surface area (TPSA) is 109 Å². The molecule has 0 aromatic heterocycles. The van der Waals surface area contributed by atoms with Crippen molar-refractivity contribution < 1.29 is 23.0 Å². The average Bonchev–Trinajstić information content (AvgIpc) is 0.722. The number of hydrogen-bond donors (Lipinski definition) is 0. The van der Waals surface area contributed by atoms with Crippen molar-refractivity contribution in [3.63, 3.8) is 0 Å². The first-order valence-electron chi connectivity index (χ1n) is 0.667. The first-order valence-corrected chi connectivity index (χ1v) is 2.00. The summed E-state index contributed by atoms with van der Waals surface area (Å²) in [5.41, 5.74) is 0.